The van der Waals surface area contributed by atoms with Crippen molar-refractivity contribution in [1.82, 2.24) is 9.88 Å². The van der Waals surface area contributed by atoms with Crippen LogP contribution in [0.15, 0.2) is 42.6 Å². The Balaban J connectivity index is 0.000000209. The van der Waals surface area contributed by atoms with Crippen LogP contribution in [-0.4, -0.2) is 35.7 Å². The number of rotatable bonds is 3. The Hall–Kier alpha value is -2.56. The van der Waals surface area contributed by atoms with Crippen LogP contribution in [0.25, 0.3) is 11.3 Å². The molecule has 0 atom stereocenters. The smallest absolute Gasteiger partial charge is 0.225 e. The average Bonchev–Trinajstić information content (AvgIpc) is 2.68. The highest BCUT2D eigenvalue weighted by atomic mass is 19.1. The molecule has 1 fully saturated rings. The molecule has 2 aromatic rings. The molecule has 0 aliphatic heterocycles. The molecule has 150 valence electrons. The Morgan fingerprint density at radius 1 is 1.07 bits per heavy atom. The molecule has 0 N–H and O–H groups in total. The van der Waals surface area contributed by atoms with Crippen molar-refractivity contribution in [2.45, 2.75) is 39.5 Å². The SMILES string of the molecule is CC(=O)c1ccc(-c2cccc(F)c2)nc1.CC1CCC(C(=O)N(C)C)CC1. The molecular formula is C23H29FN2O2. The van der Waals surface area contributed by atoms with E-state index in [0.717, 1.165) is 18.8 Å². The summed E-state index contributed by atoms with van der Waals surface area (Å²) in [5, 5.41) is 0. The fourth-order valence-corrected chi connectivity index (χ4v) is 3.29. The van der Waals surface area contributed by atoms with E-state index >= 15 is 0 Å². The summed E-state index contributed by atoms with van der Waals surface area (Å²) in [6.07, 6.45) is 6.15. The minimum Gasteiger partial charge on any atom is -0.349 e. The molecule has 1 aromatic carbocycles. The molecule has 1 aliphatic carbocycles. The van der Waals surface area contributed by atoms with Gasteiger partial charge in [0, 0.05) is 37.3 Å². The third-order valence-electron chi connectivity index (χ3n) is 5.10. The zero-order chi connectivity index (χ0) is 20.7. The number of ketones is 1. The van der Waals surface area contributed by atoms with Crippen LogP contribution < -0.4 is 0 Å². The number of benzene rings is 1. The number of hydrogen-bond acceptors (Lipinski definition) is 3. The molecule has 28 heavy (non-hydrogen) atoms. The fourth-order valence-electron chi connectivity index (χ4n) is 3.29. The van der Waals surface area contributed by atoms with Crippen LogP contribution in [0.5, 0.6) is 0 Å². The lowest BCUT2D eigenvalue weighted by Gasteiger charge is -2.27. The van der Waals surface area contributed by atoms with Crippen LogP contribution in [0, 0.1) is 17.7 Å². The normalized spacial score (nSPS) is 18.6. The molecule has 1 heterocycles. The van der Waals surface area contributed by atoms with Crippen molar-refractivity contribution >= 4 is 11.7 Å². The molecule has 0 bridgehead atoms. The summed E-state index contributed by atoms with van der Waals surface area (Å²) in [6.45, 7) is 3.76. The number of aromatic nitrogens is 1. The molecule has 1 saturated carbocycles. The zero-order valence-corrected chi connectivity index (χ0v) is 17.1. The van der Waals surface area contributed by atoms with Gasteiger partial charge in [-0.25, -0.2) is 4.39 Å². The maximum atomic E-state index is 13.0. The maximum absolute atomic E-state index is 13.0. The topological polar surface area (TPSA) is 50.3 Å². The molecule has 5 heteroatoms. The van der Waals surface area contributed by atoms with Gasteiger partial charge < -0.3 is 4.90 Å². The Labute approximate surface area is 166 Å². The van der Waals surface area contributed by atoms with Gasteiger partial charge in [0.25, 0.3) is 0 Å². The molecule has 1 amide bonds. The van der Waals surface area contributed by atoms with Crippen molar-refractivity contribution < 1.29 is 14.0 Å². The second-order valence-corrected chi connectivity index (χ2v) is 7.69. The van der Waals surface area contributed by atoms with E-state index in [4.69, 9.17) is 0 Å². The third-order valence-corrected chi connectivity index (χ3v) is 5.10. The van der Waals surface area contributed by atoms with E-state index in [1.807, 2.05) is 14.1 Å². The van der Waals surface area contributed by atoms with Crippen LogP contribution in [0.1, 0.15) is 49.9 Å². The highest BCUT2D eigenvalue weighted by molar-refractivity contribution is 5.93. The van der Waals surface area contributed by atoms with Gasteiger partial charge in [-0.2, -0.15) is 0 Å². The Morgan fingerprint density at radius 2 is 1.75 bits per heavy atom. The molecule has 0 saturated heterocycles. The largest absolute Gasteiger partial charge is 0.349 e. The molecule has 0 spiro atoms. The molecule has 1 aromatic heterocycles. The quantitative estimate of drug-likeness (QED) is 0.701. The highest BCUT2D eigenvalue weighted by Crippen LogP contribution is 2.29. The van der Waals surface area contributed by atoms with Gasteiger partial charge in [-0.05, 0) is 62.8 Å². The van der Waals surface area contributed by atoms with Gasteiger partial charge in [-0.15, -0.1) is 0 Å². The summed E-state index contributed by atoms with van der Waals surface area (Å²) < 4.78 is 13.0. The summed E-state index contributed by atoms with van der Waals surface area (Å²) in [4.78, 5) is 28.4. The van der Waals surface area contributed by atoms with Crippen molar-refractivity contribution in [3.05, 3.63) is 54.0 Å². The van der Waals surface area contributed by atoms with Crippen molar-refractivity contribution in [3.63, 3.8) is 0 Å². The number of hydrogen-bond donors (Lipinski definition) is 0. The third kappa shape index (κ3) is 6.25. The van der Waals surface area contributed by atoms with Crippen LogP contribution in [0.4, 0.5) is 4.39 Å². The van der Waals surface area contributed by atoms with Gasteiger partial charge in [0.1, 0.15) is 5.82 Å². The lowest BCUT2D eigenvalue weighted by atomic mass is 9.82. The second kappa shape index (κ2) is 10.1. The van der Waals surface area contributed by atoms with E-state index in [9.17, 15) is 14.0 Å². The Bertz CT molecular complexity index is 795. The van der Waals surface area contributed by atoms with Crippen LogP contribution in [0.2, 0.25) is 0 Å². The predicted molar refractivity (Wildman–Crippen MR) is 109 cm³/mol. The minimum absolute atomic E-state index is 0.0294. The molecule has 0 radical (unpaired) electrons. The summed E-state index contributed by atoms with van der Waals surface area (Å²) in [5.41, 5.74) is 1.92. The summed E-state index contributed by atoms with van der Waals surface area (Å²) in [6, 6.07) is 9.61. The number of Topliss-reactive ketones (excluding diaryl/α,β-unsaturated/α-hetero) is 1. The number of amides is 1. The lowest BCUT2D eigenvalue weighted by Crippen LogP contribution is -2.31. The second-order valence-electron chi connectivity index (χ2n) is 7.69. The van der Waals surface area contributed by atoms with Gasteiger partial charge in [0.15, 0.2) is 5.78 Å². The molecule has 3 rings (SSSR count). The van der Waals surface area contributed by atoms with Crippen LogP contribution in [0.3, 0.4) is 0 Å². The molecule has 0 unspecified atom stereocenters. The van der Waals surface area contributed by atoms with Crippen molar-refractivity contribution in [2.75, 3.05) is 14.1 Å². The molecule has 4 nitrogen and oxygen atoms in total. The average molecular weight is 384 g/mol. The van der Waals surface area contributed by atoms with E-state index in [-0.39, 0.29) is 11.6 Å². The fraction of sp³-hybridized carbons (Fsp3) is 0.435. The van der Waals surface area contributed by atoms with E-state index in [0.29, 0.717) is 28.6 Å². The van der Waals surface area contributed by atoms with E-state index in [1.54, 1.807) is 29.2 Å². The highest BCUT2D eigenvalue weighted by Gasteiger charge is 2.24. The monoisotopic (exact) mass is 384 g/mol. The van der Waals surface area contributed by atoms with Crippen molar-refractivity contribution in [3.8, 4) is 11.3 Å². The van der Waals surface area contributed by atoms with Crippen LogP contribution >= 0.6 is 0 Å². The standard InChI is InChI=1S/C13H10FNO.C10H19NO/c1-9(16)11-5-6-13(15-8-11)10-3-2-4-12(14)7-10;1-8-4-6-9(7-5-8)10(12)11(2)3/h2-8H,1H3;8-9H,4-7H2,1-3H3. The number of carbonyl (C=O) groups excluding carboxylic acids is 2. The minimum atomic E-state index is -0.296. The number of halogens is 1. The first kappa shape index (κ1) is 21.7. The van der Waals surface area contributed by atoms with E-state index in [2.05, 4.69) is 11.9 Å². The van der Waals surface area contributed by atoms with Gasteiger partial charge in [0.05, 0.1) is 5.69 Å². The van der Waals surface area contributed by atoms with Crippen molar-refractivity contribution in [1.29, 1.82) is 0 Å². The summed E-state index contributed by atoms with van der Waals surface area (Å²) in [5.74, 6) is 1.14. The Morgan fingerprint density at radius 3 is 2.25 bits per heavy atom. The van der Waals surface area contributed by atoms with Crippen LogP contribution in [-0.2, 0) is 4.79 Å². The van der Waals surface area contributed by atoms with Gasteiger partial charge in [0.2, 0.25) is 5.91 Å². The van der Waals surface area contributed by atoms with E-state index < -0.39 is 0 Å². The molecule has 1 aliphatic rings. The van der Waals surface area contributed by atoms with Gasteiger partial charge in [-0.1, -0.05) is 19.1 Å². The number of carbonyl (C=O) groups is 2. The van der Waals surface area contributed by atoms with Crippen molar-refractivity contribution in [2.24, 2.45) is 11.8 Å². The summed E-state index contributed by atoms with van der Waals surface area (Å²) in [7, 11) is 3.70. The summed E-state index contributed by atoms with van der Waals surface area (Å²) >= 11 is 0. The zero-order valence-electron chi connectivity index (χ0n) is 17.1. The van der Waals surface area contributed by atoms with Gasteiger partial charge in [-0.3, -0.25) is 14.6 Å². The number of nitrogens with zero attached hydrogens (tertiary/aromatic N) is 2. The first-order valence-electron chi connectivity index (χ1n) is 9.72. The Kier molecular flexibility index (Phi) is 7.85. The van der Waals surface area contributed by atoms with Gasteiger partial charge >= 0.3 is 0 Å². The van der Waals surface area contributed by atoms with E-state index in [1.165, 1.54) is 38.1 Å². The number of pyridine rings is 1. The predicted octanol–water partition coefficient (Wildman–Crippen LogP) is 4.99. The molecular weight excluding hydrogens is 355 g/mol. The maximum Gasteiger partial charge on any atom is 0.225 e. The lowest BCUT2D eigenvalue weighted by molar-refractivity contribution is -0.134. The first-order chi connectivity index (χ1) is 13.3. The first-order valence-corrected chi connectivity index (χ1v) is 9.72.